The van der Waals surface area contributed by atoms with Crippen LogP contribution >= 0.6 is 0 Å². The lowest BCUT2D eigenvalue weighted by atomic mass is 10.4. The SMILES string of the molecule is C1CNCCN(C2=NCCN2C2CC2)C1. The highest BCUT2D eigenvalue weighted by Gasteiger charge is 2.35. The molecule has 0 aromatic carbocycles. The predicted molar refractivity (Wildman–Crippen MR) is 61.1 cm³/mol. The molecule has 3 aliphatic rings. The highest BCUT2D eigenvalue weighted by atomic mass is 15.4. The van der Waals surface area contributed by atoms with Crippen LogP contribution in [0.1, 0.15) is 19.3 Å². The molecule has 0 aromatic heterocycles. The van der Waals surface area contributed by atoms with E-state index in [9.17, 15) is 0 Å². The summed E-state index contributed by atoms with van der Waals surface area (Å²) in [5.41, 5.74) is 0. The normalized spacial score (nSPS) is 27.9. The van der Waals surface area contributed by atoms with E-state index in [0.717, 1.165) is 38.8 Å². The van der Waals surface area contributed by atoms with Crippen molar-refractivity contribution in [3.8, 4) is 0 Å². The number of hydrogen-bond acceptors (Lipinski definition) is 4. The van der Waals surface area contributed by atoms with Gasteiger partial charge in [0.25, 0.3) is 0 Å². The Labute approximate surface area is 91.3 Å². The maximum atomic E-state index is 4.68. The summed E-state index contributed by atoms with van der Waals surface area (Å²) >= 11 is 0. The zero-order valence-corrected chi connectivity index (χ0v) is 9.28. The summed E-state index contributed by atoms with van der Waals surface area (Å²) in [5.74, 6) is 1.29. The van der Waals surface area contributed by atoms with Crippen molar-refractivity contribution in [3.63, 3.8) is 0 Å². The quantitative estimate of drug-likeness (QED) is 0.664. The van der Waals surface area contributed by atoms with Crippen molar-refractivity contribution in [1.82, 2.24) is 15.1 Å². The van der Waals surface area contributed by atoms with Gasteiger partial charge in [-0.2, -0.15) is 0 Å². The van der Waals surface area contributed by atoms with Gasteiger partial charge in [-0.15, -0.1) is 0 Å². The maximum Gasteiger partial charge on any atom is 0.197 e. The lowest BCUT2D eigenvalue weighted by Crippen LogP contribution is -2.44. The van der Waals surface area contributed by atoms with E-state index in [2.05, 4.69) is 20.1 Å². The van der Waals surface area contributed by atoms with E-state index in [1.165, 1.54) is 31.8 Å². The third kappa shape index (κ3) is 1.95. The van der Waals surface area contributed by atoms with E-state index in [4.69, 9.17) is 0 Å². The molecular formula is C11H20N4. The summed E-state index contributed by atoms with van der Waals surface area (Å²) in [4.78, 5) is 9.70. The Bertz CT molecular complexity index is 251. The molecule has 2 fully saturated rings. The summed E-state index contributed by atoms with van der Waals surface area (Å²) in [6.45, 7) is 6.74. The topological polar surface area (TPSA) is 30.9 Å². The molecule has 3 rings (SSSR count). The Morgan fingerprint density at radius 2 is 2.07 bits per heavy atom. The monoisotopic (exact) mass is 208 g/mol. The van der Waals surface area contributed by atoms with Gasteiger partial charge >= 0.3 is 0 Å². The first-order valence-corrected chi connectivity index (χ1v) is 6.22. The molecule has 15 heavy (non-hydrogen) atoms. The second kappa shape index (κ2) is 4.00. The van der Waals surface area contributed by atoms with Gasteiger partial charge in [-0.3, -0.25) is 4.99 Å². The van der Waals surface area contributed by atoms with E-state index in [1.54, 1.807) is 0 Å². The van der Waals surface area contributed by atoms with Gasteiger partial charge in [0.2, 0.25) is 0 Å². The van der Waals surface area contributed by atoms with Crippen LogP contribution in [0.15, 0.2) is 4.99 Å². The molecule has 4 heteroatoms. The number of nitrogens with one attached hydrogen (secondary N) is 1. The standard InChI is InChI=1S/C11H20N4/c1-4-12-5-8-14(7-1)11-13-6-9-15(11)10-2-3-10/h10,12H,1-9H2. The van der Waals surface area contributed by atoms with Crippen molar-refractivity contribution in [2.45, 2.75) is 25.3 Å². The predicted octanol–water partition coefficient (Wildman–Crippen LogP) is 0.116. The number of guanidine groups is 1. The van der Waals surface area contributed by atoms with Crippen molar-refractivity contribution in [2.75, 3.05) is 39.3 Å². The average Bonchev–Trinajstić information content (AvgIpc) is 3.04. The van der Waals surface area contributed by atoms with Crippen LogP contribution in [0.2, 0.25) is 0 Å². The molecule has 4 nitrogen and oxygen atoms in total. The largest absolute Gasteiger partial charge is 0.342 e. The zero-order chi connectivity index (χ0) is 10.1. The second-order valence-corrected chi connectivity index (χ2v) is 4.70. The Kier molecular flexibility index (Phi) is 2.52. The van der Waals surface area contributed by atoms with Crippen LogP contribution in [-0.4, -0.2) is 61.1 Å². The van der Waals surface area contributed by atoms with Crippen LogP contribution in [0.3, 0.4) is 0 Å². The Balaban J connectivity index is 1.68. The molecule has 0 atom stereocenters. The Hall–Kier alpha value is -0.770. The van der Waals surface area contributed by atoms with Crippen molar-refractivity contribution in [3.05, 3.63) is 0 Å². The van der Waals surface area contributed by atoms with Gasteiger partial charge in [-0.1, -0.05) is 0 Å². The molecule has 1 N–H and O–H groups in total. The molecule has 2 aliphatic heterocycles. The summed E-state index contributed by atoms with van der Waals surface area (Å²) < 4.78 is 0. The van der Waals surface area contributed by atoms with Crippen LogP contribution in [0.5, 0.6) is 0 Å². The van der Waals surface area contributed by atoms with E-state index in [-0.39, 0.29) is 0 Å². The molecule has 0 unspecified atom stereocenters. The fourth-order valence-corrected chi connectivity index (χ4v) is 2.51. The van der Waals surface area contributed by atoms with Crippen molar-refractivity contribution in [1.29, 1.82) is 0 Å². The summed E-state index contributed by atoms with van der Waals surface area (Å²) in [6, 6.07) is 0.822. The molecule has 2 heterocycles. The van der Waals surface area contributed by atoms with Gasteiger partial charge in [0.1, 0.15) is 0 Å². The zero-order valence-electron chi connectivity index (χ0n) is 9.28. The summed E-state index contributed by atoms with van der Waals surface area (Å²) in [6.07, 6.45) is 4.01. The van der Waals surface area contributed by atoms with Gasteiger partial charge in [0, 0.05) is 32.2 Å². The fourth-order valence-electron chi connectivity index (χ4n) is 2.51. The van der Waals surface area contributed by atoms with Crippen LogP contribution in [0.4, 0.5) is 0 Å². The fraction of sp³-hybridized carbons (Fsp3) is 0.909. The number of rotatable bonds is 1. The molecule has 0 aromatic rings. The maximum absolute atomic E-state index is 4.68. The van der Waals surface area contributed by atoms with Gasteiger partial charge < -0.3 is 15.1 Å². The molecule has 0 spiro atoms. The average molecular weight is 208 g/mol. The van der Waals surface area contributed by atoms with E-state index < -0.39 is 0 Å². The van der Waals surface area contributed by atoms with Crippen molar-refractivity contribution < 1.29 is 0 Å². The Morgan fingerprint density at radius 1 is 1.13 bits per heavy atom. The molecule has 0 bridgehead atoms. The minimum Gasteiger partial charge on any atom is -0.342 e. The number of hydrogen-bond donors (Lipinski definition) is 1. The summed E-state index contributed by atoms with van der Waals surface area (Å²) in [5, 5.41) is 3.45. The van der Waals surface area contributed by atoms with E-state index >= 15 is 0 Å². The molecule has 1 aliphatic carbocycles. The van der Waals surface area contributed by atoms with Crippen LogP contribution in [0.25, 0.3) is 0 Å². The summed E-state index contributed by atoms with van der Waals surface area (Å²) in [7, 11) is 0. The highest BCUT2D eigenvalue weighted by molar-refractivity contribution is 5.82. The van der Waals surface area contributed by atoms with Crippen LogP contribution < -0.4 is 5.32 Å². The number of aliphatic imine (C=N–C) groups is 1. The van der Waals surface area contributed by atoms with E-state index in [0.29, 0.717) is 0 Å². The first-order chi connectivity index (χ1) is 7.45. The third-order valence-corrected chi connectivity index (χ3v) is 3.46. The van der Waals surface area contributed by atoms with Crippen molar-refractivity contribution >= 4 is 5.96 Å². The van der Waals surface area contributed by atoms with E-state index in [1.807, 2.05) is 0 Å². The van der Waals surface area contributed by atoms with Gasteiger partial charge in [-0.25, -0.2) is 0 Å². The first kappa shape index (κ1) is 9.46. The third-order valence-electron chi connectivity index (χ3n) is 3.46. The van der Waals surface area contributed by atoms with Gasteiger partial charge in [0.15, 0.2) is 5.96 Å². The molecular weight excluding hydrogens is 188 g/mol. The van der Waals surface area contributed by atoms with Gasteiger partial charge in [-0.05, 0) is 25.8 Å². The van der Waals surface area contributed by atoms with Crippen LogP contribution in [-0.2, 0) is 0 Å². The molecule has 84 valence electrons. The molecule has 0 amide bonds. The minimum absolute atomic E-state index is 0.822. The number of nitrogens with zero attached hydrogens (tertiary/aromatic N) is 3. The molecule has 1 saturated carbocycles. The first-order valence-electron chi connectivity index (χ1n) is 6.22. The molecule has 1 saturated heterocycles. The smallest absolute Gasteiger partial charge is 0.197 e. The second-order valence-electron chi connectivity index (χ2n) is 4.70. The van der Waals surface area contributed by atoms with Crippen LogP contribution in [0, 0.1) is 0 Å². The lowest BCUT2D eigenvalue weighted by molar-refractivity contribution is 0.345. The lowest BCUT2D eigenvalue weighted by Gasteiger charge is -2.29. The minimum atomic E-state index is 0.822. The Morgan fingerprint density at radius 3 is 2.93 bits per heavy atom. The highest BCUT2D eigenvalue weighted by Crippen LogP contribution is 2.29. The van der Waals surface area contributed by atoms with Crippen molar-refractivity contribution in [2.24, 2.45) is 4.99 Å². The molecule has 0 radical (unpaired) electrons. The van der Waals surface area contributed by atoms with Gasteiger partial charge in [0.05, 0.1) is 6.54 Å².